The van der Waals surface area contributed by atoms with Crippen molar-refractivity contribution in [2.45, 2.75) is 20.3 Å². The van der Waals surface area contributed by atoms with Crippen molar-refractivity contribution in [2.24, 2.45) is 0 Å². The van der Waals surface area contributed by atoms with Crippen LogP contribution in [0.3, 0.4) is 0 Å². The molecule has 0 aliphatic carbocycles. The van der Waals surface area contributed by atoms with Gasteiger partial charge in [-0.3, -0.25) is 4.79 Å². The maximum absolute atomic E-state index is 12.9. The van der Waals surface area contributed by atoms with Crippen molar-refractivity contribution in [3.63, 3.8) is 0 Å². The molecule has 1 amide bonds. The van der Waals surface area contributed by atoms with E-state index in [9.17, 15) is 4.79 Å². The molecule has 0 saturated heterocycles. The molecular formula is C24H28N4O2. The number of aryl methyl sites for hydroxylation is 1. The lowest BCUT2D eigenvalue weighted by Gasteiger charge is -2.25. The molecule has 0 radical (unpaired) electrons. The number of benzene rings is 2. The molecule has 1 heterocycles. The zero-order valence-electron chi connectivity index (χ0n) is 17.8. The van der Waals surface area contributed by atoms with Crippen LogP contribution in [0.4, 0.5) is 11.5 Å². The lowest BCUT2D eigenvalue weighted by atomic mass is 10.1. The van der Waals surface area contributed by atoms with Gasteiger partial charge in [0.2, 0.25) is 0 Å². The van der Waals surface area contributed by atoms with E-state index in [1.807, 2.05) is 54.3 Å². The molecule has 0 atom stereocenters. The zero-order chi connectivity index (χ0) is 21.3. The highest BCUT2D eigenvalue weighted by molar-refractivity contribution is 5.99. The highest BCUT2D eigenvalue weighted by Gasteiger charge is 2.21. The van der Waals surface area contributed by atoms with Crippen LogP contribution in [0, 0.1) is 6.92 Å². The number of carbonyl (C=O) groups is 1. The fourth-order valence-corrected chi connectivity index (χ4v) is 3.23. The number of hydrogen-bond donors (Lipinski definition) is 1. The van der Waals surface area contributed by atoms with Crippen molar-refractivity contribution < 1.29 is 9.53 Å². The van der Waals surface area contributed by atoms with Gasteiger partial charge in [0.1, 0.15) is 11.4 Å². The summed E-state index contributed by atoms with van der Waals surface area (Å²) < 4.78 is 5.06. The molecule has 0 spiro atoms. The summed E-state index contributed by atoms with van der Waals surface area (Å²) in [5, 5.41) is 2.95. The van der Waals surface area contributed by atoms with Crippen LogP contribution in [0.5, 0.6) is 0 Å². The number of methoxy groups -OCH3 is 1. The molecule has 1 N–H and O–H groups in total. The standard InChI is InChI=1S/C24H28N4O2/c1-4-28(20-13-8-10-18(2)16-20)23-21(24(29)25-14-9-15-30-3)17-26-22(27-23)19-11-6-5-7-12-19/h5-8,10-13,16-17H,4,9,14-15H2,1-3H3,(H,25,29). The van der Waals surface area contributed by atoms with Gasteiger partial charge >= 0.3 is 0 Å². The number of rotatable bonds is 9. The van der Waals surface area contributed by atoms with Crippen molar-refractivity contribution in [1.29, 1.82) is 0 Å². The monoisotopic (exact) mass is 404 g/mol. The highest BCUT2D eigenvalue weighted by atomic mass is 16.5. The molecule has 156 valence electrons. The summed E-state index contributed by atoms with van der Waals surface area (Å²) in [6.07, 6.45) is 2.37. The number of nitrogens with one attached hydrogen (secondary N) is 1. The first-order chi connectivity index (χ1) is 14.6. The molecule has 1 aromatic heterocycles. The predicted octanol–water partition coefficient (Wildman–Crippen LogP) is 4.38. The fourth-order valence-electron chi connectivity index (χ4n) is 3.23. The summed E-state index contributed by atoms with van der Waals surface area (Å²) in [5.41, 5.74) is 3.50. The van der Waals surface area contributed by atoms with E-state index in [4.69, 9.17) is 9.72 Å². The van der Waals surface area contributed by atoms with Gasteiger partial charge in [-0.1, -0.05) is 42.5 Å². The third-order valence-electron chi connectivity index (χ3n) is 4.74. The van der Waals surface area contributed by atoms with Crippen molar-refractivity contribution in [2.75, 3.05) is 31.7 Å². The van der Waals surface area contributed by atoms with E-state index >= 15 is 0 Å². The second kappa shape index (κ2) is 10.5. The quantitative estimate of drug-likeness (QED) is 0.536. The maximum Gasteiger partial charge on any atom is 0.256 e. The Hall–Kier alpha value is -3.25. The van der Waals surface area contributed by atoms with E-state index in [-0.39, 0.29) is 5.91 Å². The molecule has 30 heavy (non-hydrogen) atoms. The number of hydrogen-bond acceptors (Lipinski definition) is 5. The van der Waals surface area contributed by atoms with Gasteiger partial charge in [-0.05, 0) is 38.0 Å². The van der Waals surface area contributed by atoms with Crippen LogP contribution in [0.25, 0.3) is 11.4 Å². The smallest absolute Gasteiger partial charge is 0.256 e. The molecule has 0 aliphatic heterocycles. The number of nitrogens with zero attached hydrogens (tertiary/aromatic N) is 3. The Balaban J connectivity index is 2.02. The van der Waals surface area contributed by atoms with Gasteiger partial charge in [-0.15, -0.1) is 0 Å². The number of aromatic nitrogens is 2. The summed E-state index contributed by atoms with van der Waals surface area (Å²) >= 11 is 0. The van der Waals surface area contributed by atoms with E-state index in [1.165, 1.54) is 0 Å². The van der Waals surface area contributed by atoms with Gasteiger partial charge in [-0.2, -0.15) is 0 Å². The van der Waals surface area contributed by atoms with Crippen LogP contribution in [0.1, 0.15) is 29.3 Å². The Kier molecular flexibility index (Phi) is 7.51. The van der Waals surface area contributed by atoms with Gasteiger partial charge in [0, 0.05) is 44.3 Å². The van der Waals surface area contributed by atoms with Crippen LogP contribution in [-0.2, 0) is 4.74 Å². The first-order valence-corrected chi connectivity index (χ1v) is 10.2. The van der Waals surface area contributed by atoms with Crippen LogP contribution in [-0.4, -0.2) is 42.7 Å². The lowest BCUT2D eigenvalue weighted by Crippen LogP contribution is -2.29. The molecule has 0 saturated carbocycles. The molecule has 0 unspecified atom stereocenters. The second-order valence-corrected chi connectivity index (χ2v) is 6.98. The van der Waals surface area contributed by atoms with Gasteiger partial charge in [-0.25, -0.2) is 9.97 Å². The Morgan fingerprint density at radius 3 is 2.63 bits per heavy atom. The summed E-state index contributed by atoms with van der Waals surface area (Å²) in [6, 6.07) is 18.0. The highest BCUT2D eigenvalue weighted by Crippen LogP contribution is 2.29. The third-order valence-corrected chi connectivity index (χ3v) is 4.74. The van der Waals surface area contributed by atoms with Crippen molar-refractivity contribution in [3.8, 4) is 11.4 Å². The van der Waals surface area contributed by atoms with Gasteiger partial charge in [0.25, 0.3) is 5.91 Å². The Morgan fingerprint density at radius 2 is 1.93 bits per heavy atom. The number of ether oxygens (including phenoxy) is 1. The molecule has 3 rings (SSSR count). The van der Waals surface area contributed by atoms with Crippen molar-refractivity contribution in [1.82, 2.24) is 15.3 Å². The van der Waals surface area contributed by atoms with Crippen LogP contribution in [0.2, 0.25) is 0 Å². The molecule has 6 nitrogen and oxygen atoms in total. The second-order valence-electron chi connectivity index (χ2n) is 6.98. The van der Waals surface area contributed by atoms with E-state index < -0.39 is 0 Å². The molecule has 6 heteroatoms. The van der Waals surface area contributed by atoms with E-state index in [0.717, 1.165) is 23.2 Å². The SMILES string of the molecule is CCN(c1cccc(C)c1)c1nc(-c2ccccc2)ncc1C(=O)NCCCOC. The topological polar surface area (TPSA) is 67.4 Å². The maximum atomic E-state index is 12.9. The molecule has 3 aromatic rings. The summed E-state index contributed by atoms with van der Waals surface area (Å²) in [7, 11) is 1.65. The van der Waals surface area contributed by atoms with Gasteiger partial charge in [0.15, 0.2) is 5.82 Å². The molecular weight excluding hydrogens is 376 g/mol. The Bertz CT molecular complexity index is 976. The Labute approximate surface area is 177 Å². The van der Waals surface area contributed by atoms with Crippen molar-refractivity contribution in [3.05, 3.63) is 71.9 Å². The van der Waals surface area contributed by atoms with Crippen LogP contribution < -0.4 is 10.2 Å². The minimum Gasteiger partial charge on any atom is -0.385 e. The number of carbonyl (C=O) groups excluding carboxylic acids is 1. The first kappa shape index (κ1) is 21.5. The molecule has 2 aromatic carbocycles. The van der Waals surface area contributed by atoms with Crippen molar-refractivity contribution >= 4 is 17.4 Å². The predicted molar refractivity (Wildman–Crippen MR) is 120 cm³/mol. The molecule has 0 fully saturated rings. The molecule has 0 bridgehead atoms. The normalized spacial score (nSPS) is 10.6. The van der Waals surface area contributed by atoms with Gasteiger partial charge in [0.05, 0.1) is 0 Å². The largest absolute Gasteiger partial charge is 0.385 e. The zero-order valence-corrected chi connectivity index (χ0v) is 17.8. The van der Waals surface area contributed by atoms with E-state index in [2.05, 4.69) is 29.4 Å². The van der Waals surface area contributed by atoms with Crippen LogP contribution in [0.15, 0.2) is 60.8 Å². The molecule has 0 aliphatic rings. The lowest BCUT2D eigenvalue weighted by molar-refractivity contribution is 0.0948. The number of anilines is 2. The minimum absolute atomic E-state index is 0.188. The summed E-state index contributed by atoms with van der Waals surface area (Å²) in [4.78, 5) is 24.3. The fraction of sp³-hybridized carbons (Fsp3) is 0.292. The summed E-state index contributed by atoms with van der Waals surface area (Å²) in [5.74, 6) is 1.00. The van der Waals surface area contributed by atoms with Gasteiger partial charge < -0.3 is 15.0 Å². The van der Waals surface area contributed by atoms with E-state index in [1.54, 1.807) is 13.3 Å². The average molecular weight is 405 g/mol. The summed E-state index contributed by atoms with van der Waals surface area (Å²) in [6.45, 7) is 5.89. The van der Waals surface area contributed by atoms with Crippen LogP contribution >= 0.6 is 0 Å². The third kappa shape index (κ3) is 5.21. The first-order valence-electron chi connectivity index (χ1n) is 10.2. The number of amides is 1. The Morgan fingerprint density at radius 1 is 1.13 bits per heavy atom. The average Bonchev–Trinajstić information content (AvgIpc) is 2.78. The van der Waals surface area contributed by atoms with E-state index in [0.29, 0.717) is 36.9 Å². The minimum atomic E-state index is -0.188.